The summed E-state index contributed by atoms with van der Waals surface area (Å²) in [6, 6.07) is 8.52. The van der Waals surface area contributed by atoms with Crippen molar-refractivity contribution in [3.05, 3.63) is 58.2 Å². The van der Waals surface area contributed by atoms with Crippen LogP contribution in [0.15, 0.2) is 52.3 Å². The van der Waals surface area contributed by atoms with Crippen LogP contribution >= 0.6 is 23.1 Å². The SMILES string of the molecule is C=CCn1c(SCC(=O)N2CC3(C)CC2CC(C)(C)C3)nc2scc(-c3ccc(C)cc3)c2c1=O. The van der Waals surface area contributed by atoms with Crippen molar-refractivity contribution in [2.75, 3.05) is 12.3 Å². The van der Waals surface area contributed by atoms with Gasteiger partial charge >= 0.3 is 0 Å². The average Bonchev–Trinajstić information content (AvgIpc) is 3.32. The molecule has 3 heterocycles. The highest BCUT2D eigenvalue weighted by atomic mass is 32.2. The average molecular weight is 508 g/mol. The molecule has 1 aliphatic carbocycles. The summed E-state index contributed by atoms with van der Waals surface area (Å²) in [7, 11) is 0. The summed E-state index contributed by atoms with van der Waals surface area (Å²) < 4.78 is 1.66. The van der Waals surface area contributed by atoms with Crippen LogP contribution in [0.1, 0.15) is 45.6 Å². The number of likely N-dealkylation sites (tertiary alicyclic amines) is 1. The molecule has 2 aromatic heterocycles. The van der Waals surface area contributed by atoms with E-state index in [1.165, 1.54) is 28.7 Å². The lowest BCUT2D eigenvalue weighted by molar-refractivity contribution is -0.129. The van der Waals surface area contributed by atoms with Gasteiger partial charge in [-0.3, -0.25) is 14.2 Å². The summed E-state index contributed by atoms with van der Waals surface area (Å²) in [5, 5.41) is 3.23. The molecule has 2 unspecified atom stereocenters. The van der Waals surface area contributed by atoms with Gasteiger partial charge in [-0.1, -0.05) is 68.4 Å². The predicted octanol–water partition coefficient (Wildman–Crippen LogP) is 6.14. The number of carbonyl (C=O) groups is 1. The number of benzene rings is 1. The third-order valence-electron chi connectivity index (χ3n) is 7.39. The Labute approximate surface area is 215 Å². The molecule has 2 fully saturated rings. The standard InChI is InChI=1S/C28H33N3O2S2/c1-6-11-30-25(33)23-21(19-9-7-18(2)8-10-19)14-34-24(23)29-26(30)35-15-22(32)31-17-28(5)13-20(31)12-27(3,4)16-28/h6-10,14,20H,1,11-13,15-17H2,2-5H3. The summed E-state index contributed by atoms with van der Waals surface area (Å²) in [5.74, 6) is 0.436. The van der Waals surface area contributed by atoms with E-state index in [1.54, 1.807) is 10.6 Å². The Hall–Kier alpha value is -2.38. The van der Waals surface area contributed by atoms with E-state index in [2.05, 4.69) is 51.3 Å². The quantitative estimate of drug-likeness (QED) is 0.228. The van der Waals surface area contributed by atoms with Crippen molar-refractivity contribution in [1.29, 1.82) is 0 Å². The minimum atomic E-state index is -0.0760. The molecule has 184 valence electrons. The van der Waals surface area contributed by atoms with Gasteiger partial charge in [0.15, 0.2) is 5.16 Å². The number of thioether (sulfide) groups is 1. The summed E-state index contributed by atoms with van der Waals surface area (Å²) in [4.78, 5) is 34.6. The maximum Gasteiger partial charge on any atom is 0.263 e. The van der Waals surface area contributed by atoms with Gasteiger partial charge in [0.1, 0.15) is 4.83 Å². The summed E-state index contributed by atoms with van der Waals surface area (Å²) in [5.41, 5.74) is 3.50. The van der Waals surface area contributed by atoms with E-state index in [-0.39, 0.29) is 28.0 Å². The summed E-state index contributed by atoms with van der Waals surface area (Å²) >= 11 is 2.85. The fraction of sp³-hybridized carbons (Fsp3) is 0.464. The number of amides is 1. The molecule has 7 heteroatoms. The Morgan fingerprint density at radius 2 is 2.00 bits per heavy atom. The lowest BCUT2D eigenvalue weighted by Gasteiger charge is -2.39. The highest BCUT2D eigenvalue weighted by Crippen LogP contribution is 2.52. The number of allylic oxidation sites excluding steroid dienone is 1. The van der Waals surface area contributed by atoms with E-state index in [4.69, 9.17) is 4.98 Å². The normalized spacial score (nSPS) is 23.1. The topological polar surface area (TPSA) is 55.2 Å². The monoisotopic (exact) mass is 507 g/mol. The maximum atomic E-state index is 13.6. The van der Waals surface area contributed by atoms with E-state index in [1.807, 2.05) is 17.5 Å². The Bertz CT molecular complexity index is 1360. The molecule has 1 saturated heterocycles. The zero-order valence-corrected chi connectivity index (χ0v) is 22.6. The highest BCUT2D eigenvalue weighted by molar-refractivity contribution is 7.99. The van der Waals surface area contributed by atoms with E-state index < -0.39 is 0 Å². The minimum Gasteiger partial charge on any atom is -0.338 e. The second-order valence-corrected chi connectivity index (χ2v) is 13.1. The van der Waals surface area contributed by atoms with Crippen molar-refractivity contribution in [3.63, 3.8) is 0 Å². The third kappa shape index (κ3) is 4.60. The van der Waals surface area contributed by atoms with Crippen LogP contribution < -0.4 is 5.56 Å². The van der Waals surface area contributed by atoms with Gasteiger partial charge in [0.05, 0.1) is 11.1 Å². The van der Waals surface area contributed by atoms with Crippen molar-refractivity contribution >= 4 is 39.2 Å². The number of carbonyl (C=O) groups excluding carboxylic acids is 1. The Kier molecular flexibility index (Phi) is 6.20. The van der Waals surface area contributed by atoms with Gasteiger partial charge in [-0.2, -0.15) is 0 Å². The first kappa shape index (κ1) is 24.3. The highest BCUT2D eigenvalue weighted by Gasteiger charge is 2.50. The van der Waals surface area contributed by atoms with Crippen LogP contribution in [0.4, 0.5) is 0 Å². The fourth-order valence-electron chi connectivity index (χ4n) is 6.31. The van der Waals surface area contributed by atoms with E-state index in [9.17, 15) is 9.59 Å². The molecule has 1 aromatic carbocycles. The molecular formula is C28H33N3O2S2. The fourth-order valence-corrected chi connectivity index (χ4v) is 8.20. The largest absolute Gasteiger partial charge is 0.338 e. The summed E-state index contributed by atoms with van der Waals surface area (Å²) in [6.07, 6.45) is 5.02. The van der Waals surface area contributed by atoms with E-state index in [0.717, 1.165) is 36.9 Å². The Balaban J connectivity index is 1.42. The molecule has 2 aliphatic rings. The molecule has 5 nitrogen and oxygen atoms in total. The van der Waals surface area contributed by atoms with Gasteiger partial charge < -0.3 is 4.90 Å². The Morgan fingerprint density at radius 1 is 1.26 bits per heavy atom. The van der Waals surface area contributed by atoms with Crippen LogP contribution in [-0.4, -0.2) is 38.7 Å². The number of rotatable bonds is 6. The molecule has 1 aliphatic heterocycles. The minimum absolute atomic E-state index is 0.0760. The number of thiophene rings is 1. The first-order valence-electron chi connectivity index (χ1n) is 12.2. The van der Waals surface area contributed by atoms with Crippen LogP contribution in [0.5, 0.6) is 0 Å². The third-order valence-corrected chi connectivity index (χ3v) is 9.23. The van der Waals surface area contributed by atoms with Crippen LogP contribution in [0.2, 0.25) is 0 Å². The molecular weight excluding hydrogens is 474 g/mol. The van der Waals surface area contributed by atoms with Gasteiger partial charge in [0.25, 0.3) is 5.56 Å². The van der Waals surface area contributed by atoms with Crippen molar-refractivity contribution in [3.8, 4) is 11.1 Å². The zero-order valence-electron chi connectivity index (χ0n) is 21.0. The van der Waals surface area contributed by atoms with Crippen molar-refractivity contribution in [2.45, 2.75) is 64.7 Å². The van der Waals surface area contributed by atoms with Gasteiger partial charge in [-0.15, -0.1) is 17.9 Å². The smallest absolute Gasteiger partial charge is 0.263 e. The number of aromatic nitrogens is 2. The Morgan fingerprint density at radius 3 is 2.71 bits per heavy atom. The molecule has 35 heavy (non-hydrogen) atoms. The van der Waals surface area contributed by atoms with E-state index in [0.29, 0.717) is 28.0 Å². The molecule has 0 radical (unpaired) electrons. The number of fused-ring (bicyclic) bond motifs is 3. The van der Waals surface area contributed by atoms with Gasteiger partial charge in [0.2, 0.25) is 5.91 Å². The van der Waals surface area contributed by atoms with Gasteiger partial charge in [-0.25, -0.2) is 4.98 Å². The van der Waals surface area contributed by atoms with Crippen LogP contribution in [0.3, 0.4) is 0 Å². The van der Waals surface area contributed by atoms with Crippen LogP contribution in [0, 0.1) is 17.8 Å². The molecule has 2 bridgehead atoms. The van der Waals surface area contributed by atoms with Gasteiger partial charge in [-0.05, 0) is 42.6 Å². The van der Waals surface area contributed by atoms with Gasteiger partial charge in [0, 0.05) is 30.1 Å². The van der Waals surface area contributed by atoms with Crippen molar-refractivity contribution in [1.82, 2.24) is 14.5 Å². The lowest BCUT2D eigenvalue weighted by Crippen LogP contribution is -2.38. The van der Waals surface area contributed by atoms with E-state index >= 15 is 0 Å². The molecule has 0 spiro atoms. The first-order chi connectivity index (χ1) is 16.6. The summed E-state index contributed by atoms with van der Waals surface area (Å²) in [6.45, 7) is 14.0. The van der Waals surface area contributed by atoms with Crippen molar-refractivity contribution in [2.24, 2.45) is 10.8 Å². The molecule has 0 N–H and O–H groups in total. The molecule has 2 atom stereocenters. The molecule has 5 rings (SSSR count). The van der Waals surface area contributed by atoms with Crippen LogP contribution in [-0.2, 0) is 11.3 Å². The molecule has 3 aromatic rings. The zero-order chi connectivity index (χ0) is 25.0. The number of hydrogen-bond acceptors (Lipinski definition) is 5. The number of nitrogens with zero attached hydrogens (tertiary/aromatic N) is 3. The second-order valence-electron chi connectivity index (χ2n) is 11.3. The second kappa shape index (κ2) is 8.93. The number of hydrogen-bond donors (Lipinski definition) is 0. The van der Waals surface area contributed by atoms with Crippen LogP contribution in [0.25, 0.3) is 21.3 Å². The molecule has 1 amide bonds. The molecule has 1 saturated carbocycles. The predicted molar refractivity (Wildman–Crippen MR) is 146 cm³/mol. The maximum absolute atomic E-state index is 13.6. The lowest BCUT2D eigenvalue weighted by atomic mass is 9.65. The first-order valence-corrected chi connectivity index (χ1v) is 14.1. The van der Waals surface area contributed by atoms with Crippen molar-refractivity contribution < 1.29 is 4.79 Å². The number of aryl methyl sites for hydroxylation is 1.